The van der Waals surface area contributed by atoms with Gasteiger partial charge in [-0.1, -0.05) is 22.0 Å². The summed E-state index contributed by atoms with van der Waals surface area (Å²) in [6.07, 6.45) is 5.32. The lowest BCUT2D eigenvalue weighted by Crippen LogP contribution is -2.20. The number of aryl methyl sites for hydroxylation is 1. The van der Waals surface area contributed by atoms with Gasteiger partial charge in [0, 0.05) is 23.4 Å². The number of pyridine rings is 1. The SMILES string of the molecule is COc1ccc(Br)cc1NC(=O)Nc1c(C)ccc2c1ncn2Cc1ccncc1. The zero-order valence-electron chi connectivity index (χ0n) is 16.5. The van der Waals surface area contributed by atoms with Crippen LogP contribution >= 0.6 is 15.9 Å². The van der Waals surface area contributed by atoms with Gasteiger partial charge in [0.1, 0.15) is 11.3 Å². The second kappa shape index (κ2) is 8.54. The number of nitrogens with zero attached hydrogens (tertiary/aromatic N) is 3. The number of carbonyl (C=O) groups is 1. The fraction of sp³-hybridized carbons (Fsp3) is 0.136. The molecule has 0 aliphatic carbocycles. The second-order valence-corrected chi connectivity index (χ2v) is 7.69. The van der Waals surface area contributed by atoms with Crippen molar-refractivity contribution in [2.24, 2.45) is 0 Å². The Bertz CT molecular complexity index is 1210. The minimum Gasteiger partial charge on any atom is -0.495 e. The van der Waals surface area contributed by atoms with Crippen LogP contribution in [0.25, 0.3) is 11.0 Å². The topological polar surface area (TPSA) is 81.1 Å². The van der Waals surface area contributed by atoms with Gasteiger partial charge in [0.25, 0.3) is 0 Å². The lowest BCUT2D eigenvalue weighted by molar-refractivity contribution is 0.262. The molecule has 0 saturated heterocycles. The first-order valence-electron chi connectivity index (χ1n) is 9.30. The molecule has 8 heteroatoms. The van der Waals surface area contributed by atoms with Crippen molar-refractivity contribution in [3.8, 4) is 5.75 Å². The van der Waals surface area contributed by atoms with Crippen molar-refractivity contribution < 1.29 is 9.53 Å². The highest BCUT2D eigenvalue weighted by molar-refractivity contribution is 9.10. The van der Waals surface area contributed by atoms with Gasteiger partial charge in [-0.15, -0.1) is 0 Å². The Morgan fingerprint density at radius 3 is 2.70 bits per heavy atom. The average molecular weight is 466 g/mol. The molecule has 7 nitrogen and oxygen atoms in total. The summed E-state index contributed by atoms with van der Waals surface area (Å²) in [5.41, 5.74) is 4.96. The third-order valence-electron chi connectivity index (χ3n) is 4.75. The molecule has 2 aromatic heterocycles. The van der Waals surface area contributed by atoms with Crippen LogP contribution in [0.2, 0.25) is 0 Å². The fourth-order valence-electron chi connectivity index (χ4n) is 3.25. The Labute approximate surface area is 182 Å². The molecule has 2 amide bonds. The van der Waals surface area contributed by atoms with Gasteiger partial charge in [0.15, 0.2) is 0 Å². The number of benzene rings is 2. The van der Waals surface area contributed by atoms with E-state index in [9.17, 15) is 4.79 Å². The molecule has 0 aliphatic heterocycles. The van der Waals surface area contributed by atoms with Gasteiger partial charge in [-0.05, 0) is 54.4 Å². The summed E-state index contributed by atoms with van der Waals surface area (Å²) in [4.78, 5) is 21.3. The number of methoxy groups -OCH3 is 1. The van der Waals surface area contributed by atoms with E-state index in [0.29, 0.717) is 23.7 Å². The summed E-state index contributed by atoms with van der Waals surface area (Å²) in [6, 6.07) is 13.0. The van der Waals surface area contributed by atoms with Crippen molar-refractivity contribution >= 4 is 44.4 Å². The van der Waals surface area contributed by atoms with Gasteiger partial charge in [0.05, 0.1) is 30.3 Å². The number of amides is 2. The molecule has 152 valence electrons. The van der Waals surface area contributed by atoms with E-state index in [4.69, 9.17) is 4.74 Å². The number of carbonyl (C=O) groups excluding carboxylic acids is 1. The molecule has 2 N–H and O–H groups in total. The average Bonchev–Trinajstić information content (AvgIpc) is 3.14. The van der Waals surface area contributed by atoms with E-state index in [1.165, 1.54) is 0 Å². The Morgan fingerprint density at radius 1 is 1.13 bits per heavy atom. The number of hydrogen-bond acceptors (Lipinski definition) is 4. The van der Waals surface area contributed by atoms with Gasteiger partial charge in [-0.2, -0.15) is 0 Å². The van der Waals surface area contributed by atoms with Crippen molar-refractivity contribution in [3.63, 3.8) is 0 Å². The Balaban J connectivity index is 1.60. The summed E-state index contributed by atoms with van der Waals surface area (Å²) in [6.45, 7) is 2.61. The minimum atomic E-state index is -0.370. The van der Waals surface area contributed by atoms with Gasteiger partial charge >= 0.3 is 6.03 Å². The Kier molecular flexibility index (Phi) is 5.67. The maximum atomic E-state index is 12.7. The van der Waals surface area contributed by atoms with Crippen molar-refractivity contribution in [2.45, 2.75) is 13.5 Å². The van der Waals surface area contributed by atoms with Gasteiger partial charge in [0.2, 0.25) is 0 Å². The van der Waals surface area contributed by atoms with Crippen LogP contribution < -0.4 is 15.4 Å². The van der Waals surface area contributed by atoms with E-state index >= 15 is 0 Å². The van der Waals surface area contributed by atoms with Crippen LogP contribution in [0.4, 0.5) is 16.2 Å². The number of halogens is 1. The largest absolute Gasteiger partial charge is 0.495 e. The van der Waals surface area contributed by atoms with E-state index in [1.807, 2.05) is 41.8 Å². The van der Waals surface area contributed by atoms with Crippen LogP contribution in [0.15, 0.2) is 65.7 Å². The quantitative estimate of drug-likeness (QED) is 0.424. The highest BCUT2D eigenvalue weighted by Gasteiger charge is 2.14. The first-order chi connectivity index (χ1) is 14.5. The molecule has 0 radical (unpaired) electrons. The third-order valence-corrected chi connectivity index (χ3v) is 5.24. The zero-order valence-corrected chi connectivity index (χ0v) is 18.1. The van der Waals surface area contributed by atoms with Gasteiger partial charge in [-0.3, -0.25) is 4.98 Å². The second-order valence-electron chi connectivity index (χ2n) is 6.78. The molecule has 2 aromatic carbocycles. The molecule has 0 unspecified atom stereocenters. The summed E-state index contributed by atoms with van der Waals surface area (Å²) >= 11 is 3.41. The van der Waals surface area contributed by atoms with Crippen LogP contribution in [0.1, 0.15) is 11.1 Å². The maximum Gasteiger partial charge on any atom is 0.323 e. The molecule has 0 bridgehead atoms. The number of nitrogens with one attached hydrogen (secondary N) is 2. The number of aromatic nitrogens is 3. The number of anilines is 2. The minimum absolute atomic E-state index is 0.370. The number of ether oxygens (including phenoxy) is 1. The molecule has 0 spiro atoms. The molecule has 0 fully saturated rings. The van der Waals surface area contributed by atoms with Gasteiger partial charge in [-0.25, -0.2) is 9.78 Å². The lowest BCUT2D eigenvalue weighted by Gasteiger charge is -2.13. The van der Waals surface area contributed by atoms with E-state index in [-0.39, 0.29) is 6.03 Å². The first kappa shape index (κ1) is 19.9. The predicted molar refractivity (Wildman–Crippen MR) is 121 cm³/mol. The van der Waals surface area contributed by atoms with E-state index in [1.54, 1.807) is 38.0 Å². The van der Waals surface area contributed by atoms with E-state index in [0.717, 1.165) is 26.6 Å². The van der Waals surface area contributed by atoms with Crippen LogP contribution in [-0.2, 0) is 6.54 Å². The zero-order chi connectivity index (χ0) is 21.1. The first-order valence-corrected chi connectivity index (χ1v) is 10.1. The Morgan fingerprint density at radius 2 is 1.93 bits per heavy atom. The maximum absolute atomic E-state index is 12.7. The Hall–Kier alpha value is -3.39. The number of fused-ring (bicyclic) bond motifs is 1. The summed E-state index contributed by atoms with van der Waals surface area (Å²) in [5, 5.41) is 5.79. The third kappa shape index (κ3) is 4.13. The number of rotatable bonds is 5. The number of urea groups is 1. The van der Waals surface area contributed by atoms with Crippen LogP contribution in [0.5, 0.6) is 5.75 Å². The molecule has 0 atom stereocenters. The highest BCUT2D eigenvalue weighted by Crippen LogP contribution is 2.30. The molecular weight excluding hydrogens is 446 g/mol. The molecule has 30 heavy (non-hydrogen) atoms. The number of hydrogen-bond donors (Lipinski definition) is 2. The molecule has 0 aliphatic rings. The van der Waals surface area contributed by atoms with Crippen molar-refractivity contribution in [1.82, 2.24) is 14.5 Å². The van der Waals surface area contributed by atoms with Crippen molar-refractivity contribution in [1.29, 1.82) is 0 Å². The van der Waals surface area contributed by atoms with E-state index in [2.05, 4.69) is 36.5 Å². The van der Waals surface area contributed by atoms with Crippen molar-refractivity contribution in [3.05, 3.63) is 76.8 Å². The predicted octanol–water partition coefficient (Wildman–Crippen LogP) is 5.20. The highest BCUT2D eigenvalue weighted by atomic mass is 79.9. The summed E-state index contributed by atoms with van der Waals surface area (Å²) in [7, 11) is 1.56. The van der Waals surface area contributed by atoms with Crippen molar-refractivity contribution in [2.75, 3.05) is 17.7 Å². The monoisotopic (exact) mass is 465 g/mol. The van der Waals surface area contributed by atoms with E-state index < -0.39 is 0 Å². The normalized spacial score (nSPS) is 10.8. The van der Waals surface area contributed by atoms with Gasteiger partial charge < -0.3 is 19.9 Å². The molecule has 4 aromatic rings. The molecular formula is C22H20BrN5O2. The molecule has 4 rings (SSSR count). The standard InChI is InChI=1S/C22H20BrN5O2/c1-14-3-5-18-21(25-13-28(18)12-15-7-9-24-10-8-15)20(14)27-22(29)26-17-11-16(23)4-6-19(17)30-2/h3-11,13H,12H2,1-2H3,(H2,26,27,29). The smallest absolute Gasteiger partial charge is 0.323 e. The molecule has 0 saturated carbocycles. The fourth-order valence-corrected chi connectivity index (χ4v) is 3.61. The summed E-state index contributed by atoms with van der Waals surface area (Å²) in [5.74, 6) is 0.574. The van der Waals surface area contributed by atoms with Crippen LogP contribution in [0.3, 0.4) is 0 Å². The summed E-state index contributed by atoms with van der Waals surface area (Å²) < 4.78 is 8.21. The molecule has 2 heterocycles. The number of imidazole rings is 1. The lowest BCUT2D eigenvalue weighted by atomic mass is 10.1. The van der Waals surface area contributed by atoms with Crippen LogP contribution in [0, 0.1) is 6.92 Å². The van der Waals surface area contributed by atoms with Crippen LogP contribution in [-0.4, -0.2) is 27.7 Å².